The maximum atomic E-state index is 10.5. The normalized spacial score (nSPS) is 10.1. The van der Waals surface area contributed by atoms with Crippen molar-refractivity contribution < 1.29 is 19.4 Å². The van der Waals surface area contributed by atoms with E-state index < -0.39 is 5.97 Å². The topological polar surface area (TPSA) is 55.8 Å². The van der Waals surface area contributed by atoms with Gasteiger partial charge >= 0.3 is 5.97 Å². The largest absolute Gasteiger partial charge is 0.496 e. The predicted octanol–water partition coefficient (Wildman–Crippen LogP) is 2.87. The number of rotatable bonds is 6. The highest BCUT2D eigenvalue weighted by atomic mass is 79.9. The second-order valence-corrected chi connectivity index (χ2v) is 4.40. The monoisotopic (exact) mass is 302 g/mol. The number of hydrogen-bond donors (Lipinski definition) is 1. The summed E-state index contributed by atoms with van der Waals surface area (Å²) >= 11 is 3.37. The van der Waals surface area contributed by atoms with Crippen molar-refractivity contribution in [3.05, 3.63) is 22.2 Å². The van der Waals surface area contributed by atoms with E-state index in [0.717, 1.165) is 21.5 Å². The third-order valence-corrected chi connectivity index (χ3v) is 3.01. The van der Waals surface area contributed by atoms with E-state index in [2.05, 4.69) is 15.9 Å². The van der Waals surface area contributed by atoms with Gasteiger partial charge in [0.25, 0.3) is 0 Å². The molecule has 0 spiro atoms. The molecule has 1 N–H and O–H groups in total. The smallest absolute Gasteiger partial charge is 0.303 e. The summed E-state index contributed by atoms with van der Waals surface area (Å²) in [5.74, 6) is 0.673. The molecule has 4 nitrogen and oxygen atoms in total. The van der Waals surface area contributed by atoms with Crippen molar-refractivity contribution in [2.75, 3.05) is 14.2 Å². The van der Waals surface area contributed by atoms with Crippen LogP contribution in [0.25, 0.3) is 0 Å². The molecule has 1 aromatic carbocycles. The third kappa shape index (κ3) is 3.93. The van der Waals surface area contributed by atoms with Crippen molar-refractivity contribution in [3.63, 3.8) is 0 Å². The van der Waals surface area contributed by atoms with Crippen molar-refractivity contribution in [2.24, 2.45) is 0 Å². The number of hydrogen-bond acceptors (Lipinski definition) is 3. The fourth-order valence-electron chi connectivity index (χ4n) is 1.55. The average Bonchev–Trinajstić information content (AvgIpc) is 2.30. The number of carboxylic acid groups (broad SMARTS) is 1. The van der Waals surface area contributed by atoms with Gasteiger partial charge < -0.3 is 14.6 Å². The minimum Gasteiger partial charge on any atom is -0.496 e. The number of halogens is 1. The highest BCUT2D eigenvalue weighted by molar-refractivity contribution is 9.10. The van der Waals surface area contributed by atoms with Crippen molar-refractivity contribution in [1.29, 1.82) is 0 Å². The van der Waals surface area contributed by atoms with Gasteiger partial charge in [-0.15, -0.1) is 0 Å². The SMILES string of the molecule is COc1cc(CCCC(=O)O)c(OC)cc1Br. The van der Waals surface area contributed by atoms with Crippen LogP contribution in [0.3, 0.4) is 0 Å². The van der Waals surface area contributed by atoms with Crippen molar-refractivity contribution >= 4 is 21.9 Å². The van der Waals surface area contributed by atoms with Crippen molar-refractivity contribution in [1.82, 2.24) is 0 Å². The second kappa shape index (κ2) is 6.49. The van der Waals surface area contributed by atoms with Crippen LogP contribution in [-0.4, -0.2) is 25.3 Å². The molecule has 0 unspecified atom stereocenters. The Labute approximate surface area is 109 Å². The quantitative estimate of drug-likeness (QED) is 0.878. The lowest BCUT2D eigenvalue weighted by atomic mass is 10.1. The van der Waals surface area contributed by atoms with E-state index in [1.54, 1.807) is 14.2 Å². The Balaban J connectivity index is 2.84. The molecular formula is C12H15BrO4. The first-order valence-corrected chi connectivity index (χ1v) is 6.00. The van der Waals surface area contributed by atoms with Gasteiger partial charge in [-0.05, 0) is 46.5 Å². The standard InChI is InChI=1S/C12H15BrO4/c1-16-10-7-9(13)11(17-2)6-8(10)4-3-5-12(14)15/h6-7H,3-5H2,1-2H3,(H,14,15). The zero-order valence-electron chi connectivity index (χ0n) is 9.83. The zero-order valence-corrected chi connectivity index (χ0v) is 11.4. The van der Waals surface area contributed by atoms with Crippen molar-refractivity contribution in [2.45, 2.75) is 19.3 Å². The minimum atomic E-state index is -0.784. The van der Waals surface area contributed by atoms with Gasteiger partial charge in [-0.3, -0.25) is 4.79 Å². The van der Waals surface area contributed by atoms with E-state index in [0.29, 0.717) is 12.8 Å². The molecule has 0 aromatic heterocycles. The lowest BCUT2D eigenvalue weighted by Gasteiger charge is -2.11. The molecule has 0 amide bonds. The molecule has 0 fully saturated rings. The Morgan fingerprint density at radius 1 is 1.29 bits per heavy atom. The van der Waals surface area contributed by atoms with Crippen LogP contribution in [0.1, 0.15) is 18.4 Å². The lowest BCUT2D eigenvalue weighted by Crippen LogP contribution is -1.98. The number of ether oxygens (including phenoxy) is 2. The van der Waals surface area contributed by atoms with Gasteiger partial charge in [0.05, 0.1) is 18.7 Å². The number of carboxylic acids is 1. The number of aryl methyl sites for hydroxylation is 1. The van der Waals surface area contributed by atoms with Crippen LogP contribution in [-0.2, 0) is 11.2 Å². The molecule has 0 saturated heterocycles. The molecule has 0 aliphatic rings. The van der Waals surface area contributed by atoms with Gasteiger partial charge in [-0.1, -0.05) is 0 Å². The Morgan fingerprint density at radius 2 is 1.94 bits per heavy atom. The summed E-state index contributed by atoms with van der Waals surface area (Å²) in [7, 11) is 3.18. The minimum absolute atomic E-state index is 0.154. The average molecular weight is 303 g/mol. The zero-order chi connectivity index (χ0) is 12.8. The molecule has 0 atom stereocenters. The molecule has 1 rings (SSSR count). The molecule has 0 radical (unpaired) electrons. The maximum Gasteiger partial charge on any atom is 0.303 e. The molecule has 1 aromatic rings. The highest BCUT2D eigenvalue weighted by Crippen LogP contribution is 2.33. The van der Waals surface area contributed by atoms with Crippen LogP contribution in [0.4, 0.5) is 0 Å². The molecule has 5 heteroatoms. The summed E-state index contributed by atoms with van der Waals surface area (Å²) in [6.45, 7) is 0. The van der Waals surface area contributed by atoms with E-state index >= 15 is 0 Å². The van der Waals surface area contributed by atoms with Crippen LogP contribution < -0.4 is 9.47 Å². The van der Waals surface area contributed by atoms with E-state index in [1.807, 2.05) is 12.1 Å². The lowest BCUT2D eigenvalue weighted by molar-refractivity contribution is -0.137. The fourth-order valence-corrected chi connectivity index (χ4v) is 2.03. The molecule has 0 bridgehead atoms. The molecule has 94 valence electrons. The Kier molecular flexibility index (Phi) is 5.28. The summed E-state index contributed by atoms with van der Waals surface area (Å²) < 4.78 is 11.3. The fraction of sp³-hybridized carbons (Fsp3) is 0.417. The van der Waals surface area contributed by atoms with E-state index in [4.69, 9.17) is 14.6 Å². The summed E-state index contributed by atoms with van der Waals surface area (Å²) in [6.07, 6.45) is 1.39. The Bertz CT molecular complexity index is 404. The van der Waals surface area contributed by atoms with Crippen LogP contribution in [0, 0.1) is 0 Å². The number of methoxy groups -OCH3 is 2. The first-order chi connectivity index (χ1) is 8.08. The van der Waals surface area contributed by atoms with Crippen molar-refractivity contribution in [3.8, 4) is 11.5 Å². The first kappa shape index (κ1) is 13.8. The summed E-state index contributed by atoms with van der Waals surface area (Å²) in [4.78, 5) is 10.5. The van der Waals surface area contributed by atoms with Gasteiger partial charge in [0.2, 0.25) is 0 Å². The Hall–Kier alpha value is -1.23. The molecule has 17 heavy (non-hydrogen) atoms. The Morgan fingerprint density at radius 3 is 2.47 bits per heavy atom. The summed E-state index contributed by atoms with van der Waals surface area (Å²) in [5, 5.41) is 8.60. The summed E-state index contributed by atoms with van der Waals surface area (Å²) in [5.41, 5.74) is 0.953. The highest BCUT2D eigenvalue weighted by Gasteiger charge is 2.10. The van der Waals surface area contributed by atoms with E-state index in [-0.39, 0.29) is 6.42 Å². The van der Waals surface area contributed by atoms with E-state index in [1.165, 1.54) is 0 Å². The first-order valence-electron chi connectivity index (χ1n) is 5.20. The van der Waals surface area contributed by atoms with Crippen LogP contribution in [0.5, 0.6) is 11.5 Å². The molecule has 0 heterocycles. The maximum absolute atomic E-state index is 10.5. The van der Waals surface area contributed by atoms with Gasteiger partial charge in [0.15, 0.2) is 0 Å². The second-order valence-electron chi connectivity index (χ2n) is 3.55. The van der Waals surface area contributed by atoms with E-state index in [9.17, 15) is 4.79 Å². The molecule has 0 aliphatic carbocycles. The summed E-state index contributed by atoms with van der Waals surface area (Å²) in [6, 6.07) is 3.69. The molecular weight excluding hydrogens is 288 g/mol. The van der Waals surface area contributed by atoms with Gasteiger partial charge in [-0.2, -0.15) is 0 Å². The number of carbonyl (C=O) groups is 1. The van der Waals surface area contributed by atoms with Gasteiger partial charge in [-0.25, -0.2) is 0 Å². The number of aliphatic carboxylic acids is 1. The number of benzene rings is 1. The van der Waals surface area contributed by atoms with Gasteiger partial charge in [0, 0.05) is 6.42 Å². The molecule has 0 saturated carbocycles. The van der Waals surface area contributed by atoms with Crippen LogP contribution >= 0.6 is 15.9 Å². The molecule has 0 aliphatic heterocycles. The van der Waals surface area contributed by atoms with Crippen LogP contribution in [0.2, 0.25) is 0 Å². The van der Waals surface area contributed by atoms with Gasteiger partial charge in [0.1, 0.15) is 11.5 Å². The van der Waals surface area contributed by atoms with Crippen LogP contribution in [0.15, 0.2) is 16.6 Å². The predicted molar refractivity (Wildman–Crippen MR) is 67.8 cm³/mol. The third-order valence-electron chi connectivity index (χ3n) is 2.39.